The van der Waals surface area contributed by atoms with Crippen LogP contribution in [0.5, 0.6) is 0 Å². The fraction of sp³-hybridized carbons (Fsp3) is 0.300. The summed E-state index contributed by atoms with van der Waals surface area (Å²) in [5.74, 6) is 0. The predicted octanol–water partition coefficient (Wildman–Crippen LogP) is 4.03. The predicted molar refractivity (Wildman–Crippen MR) is 65.5 cm³/mol. The molecule has 16 heavy (non-hydrogen) atoms. The number of rotatable bonds is 4. The van der Waals surface area contributed by atoms with E-state index in [1.54, 1.807) is 6.07 Å². The van der Waals surface area contributed by atoms with E-state index < -0.39 is 5.51 Å². The van der Waals surface area contributed by atoms with E-state index in [9.17, 15) is 18.0 Å². The van der Waals surface area contributed by atoms with Crippen molar-refractivity contribution in [1.82, 2.24) is 0 Å². The summed E-state index contributed by atoms with van der Waals surface area (Å²) in [4.78, 5) is 10.4. The zero-order valence-electron chi connectivity index (χ0n) is 8.05. The average molecular weight is 360 g/mol. The van der Waals surface area contributed by atoms with Gasteiger partial charge in [-0.3, -0.25) is 0 Å². The Morgan fingerprint density at radius 1 is 1.38 bits per heavy atom. The van der Waals surface area contributed by atoms with Gasteiger partial charge in [0.1, 0.15) is 6.29 Å². The van der Waals surface area contributed by atoms with E-state index in [4.69, 9.17) is 0 Å². The van der Waals surface area contributed by atoms with Crippen LogP contribution in [-0.2, 0) is 11.2 Å². The summed E-state index contributed by atoms with van der Waals surface area (Å²) in [7, 11) is 0. The van der Waals surface area contributed by atoms with Crippen molar-refractivity contribution >= 4 is 40.6 Å². The van der Waals surface area contributed by atoms with Crippen molar-refractivity contribution in [3.05, 3.63) is 27.3 Å². The largest absolute Gasteiger partial charge is 0.446 e. The van der Waals surface area contributed by atoms with Gasteiger partial charge in [-0.05, 0) is 58.5 Å². The lowest BCUT2D eigenvalue weighted by Crippen LogP contribution is -1.99. The second kappa shape index (κ2) is 5.90. The number of hydrogen-bond donors (Lipinski definition) is 0. The Morgan fingerprint density at radius 2 is 2.06 bits per heavy atom. The molecule has 1 nitrogen and oxygen atoms in total. The molecule has 0 radical (unpaired) electrons. The summed E-state index contributed by atoms with van der Waals surface area (Å²) in [6, 6.07) is 4.55. The minimum Gasteiger partial charge on any atom is -0.303 e. The third-order valence-electron chi connectivity index (χ3n) is 1.79. The summed E-state index contributed by atoms with van der Waals surface area (Å²) < 4.78 is 37.0. The first-order valence-electron chi connectivity index (χ1n) is 4.40. The molecular formula is C10H8F3IOS. The molecule has 0 aliphatic heterocycles. The van der Waals surface area contributed by atoms with E-state index >= 15 is 0 Å². The summed E-state index contributed by atoms with van der Waals surface area (Å²) >= 11 is 1.85. The third-order valence-corrected chi connectivity index (χ3v) is 3.51. The van der Waals surface area contributed by atoms with Crippen molar-refractivity contribution in [1.29, 1.82) is 0 Å². The third kappa shape index (κ3) is 4.73. The smallest absolute Gasteiger partial charge is 0.303 e. The number of thioether (sulfide) groups is 1. The average Bonchev–Trinajstić information content (AvgIpc) is 2.14. The lowest BCUT2D eigenvalue weighted by atomic mass is 10.1. The summed E-state index contributed by atoms with van der Waals surface area (Å²) in [6.07, 6.45) is 1.76. The molecule has 0 spiro atoms. The van der Waals surface area contributed by atoms with Crippen LogP contribution in [0.15, 0.2) is 23.1 Å². The number of halogens is 4. The maximum atomic E-state index is 12.1. The molecule has 0 aliphatic carbocycles. The summed E-state index contributed by atoms with van der Waals surface area (Å²) in [6.45, 7) is 0. The zero-order valence-corrected chi connectivity index (χ0v) is 11.0. The van der Waals surface area contributed by atoms with Crippen LogP contribution >= 0.6 is 34.4 Å². The van der Waals surface area contributed by atoms with E-state index in [1.165, 1.54) is 12.1 Å². The number of aryl methyl sites for hydroxylation is 1. The van der Waals surface area contributed by atoms with Crippen LogP contribution in [0, 0.1) is 3.57 Å². The van der Waals surface area contributed by atoms with Gasteiger partial charge in [0, 0.05) is 14.9 Å². The SMILES string of the molecule is O=CCCc1ccc(SC(F)(F)F)cc1I. The molecule has 88 valence electrons. The Morgan fingerprint density at radius 3 is 2.56 bits per heavy atom. The maximum absolute atomic E-state index is 12.1. The Labute approximate surface area is 109 Å². The lowest BCUT2D eigenvalue weighted by molar-refractivity contribution is -0.107. The Kier molecular flexibility index (Phi) is 5.10. The highest BCUT2D eigenvalue weighted by molar-refractivity contribution is 14.1. The molecule has 0 N–H and O–H groups in total. The second-order valence-electron chi connectivity index (χ2n) is 3.01. The van der Waals surface area contributed by atoms with E-state index in [0.717, 1.165) is 15.4 Å². The number of hydrogen-bond acceptors (Lipinski definition) is 2. The Balaban J connectivity index is 2.78. The van der Waals surface area contributed by atoms with Crippen LogP contribution in [0.25, 0.3) is 0 Å². The highest BCUT2D eigenvalue weighted by atomic mass is 127. The minimum absolute atomic E-state index is 0.127. The molecule has 0 saturated carbocycles. The summed E-state index contributed by atoms with van der Waals surface area (Å²) in [5, 5.41) is 0. The zero-order chi connectivity index (χ0) is 12.2. The first kappa shape index (κ1) is 13.8. The number of aldehydes is 1. The lowest BCUT2D eigenvalue weighted by Gasteiger charge is -2.08. The highest BCUT2D eigenvalue weighted by Gasteiger charge is 2.29. The van der Waals surface area contributed by atoms with Crippen molar-refractivity contribution < 1.29 is 18.0 Å². The molecular weight excluding hydrogens is 352 g/mol. The van der Waals surface area contributed by atoms with Crippen LogP contribution in [0.2, 0.25) is 0 Å². The van der Waals surface area contributed by atoms with Gasteiger partial charge in [0.15, 0.2) is 0 Å². The monoisotopic (exact) mass is 360 g/mol. The van der Waals surface area contributed by atoms with E-state index in [0.29, 0.717) is 12.8 Å². The van der Waals surface area contributed by atoms with Crippen LogP contribution in [0.4, 0.5) is 13.2 Å². The quantitative estimate of drug-likeness (QED) is 0.458. The summed E-state index contributed by atoms with van der Waals surface area (Å²) in [5.41, 5.74) is -3.35. The van der Waals surface area contributed by atoms with Crippen molar-refractivity contribution in [2.75, 3.05) is 0 Å². The minimum atomic E-state index is -4.26. The van der Waals surface area contributed by atoms with Crippen molar-refractivity contribution in [2.45, 2.75) is 23.2 Å². The number of carbonyl (C=O) groups is 1. The van der Waals surface area contributed by atoms with E-state index in [-0.39, 0.29) is 16.7 Å². The van der Waals surface area contributed by atoms with Gasteiger partial charge < -0.3 is 4.79 Å². The van der Waals surface area contributed by atoms with Crippen LogP contribution < -0.4 is 0 Å². The molecule has 0 saturated heterocycles. The molecule has 0 amide bonds. The van der Waals surface area contributed by atoms with Crippen LogP contribution in [-0.4, -0.2) is 11.8 Å². The van der Waals surface area contributed by atoms with Gasteiger partial charge in [-0.15, -0.1) is 0 Å². The molecule has 0 unspecified atom stereocenters. The van der Waals surface area contributed by atoms with Gasteiger partial charge in [-0.2, -0.15) is 13.2 Å². The van der Waals surface area contributed by atoms with E-state index in [2.05, 4.69) is 0 Å². The van der Waals surface area contributed by atoms with Crippen LogP contribution in [0.1, 0.15) is 12.0 Å². The Bertz CT molecular complexity index is 379. The normalized spacial score (nSPS) is 11.5. The fourth-order valence-electron chi connectivity index (χ4n) is 1.14. The van der Waals surface area contributed by atoms with Gasteiger partial charge in [0.2, 0.25) is 0 Å². The van der Waals surface area contributed by atoms with Gasteiger partial charge in [0.05, 0.1) is 0 Å². The van der Waals surface area contributed by atoms with Gasteiger partial charge in [-0.1, -0.05) is 6.07 Å². The number of alkyl halides is 3. The van der Waals surface area contributed by atoms with Gasteiger partial charge in [-0.25, -0.2) is 0 Å². The van der Waals surface area contributed by atoms with Crippen molar-refractivity contribution in [3.63, 3.8) is 0 Å². The highest BCUT2D eigenvalue weighted by Crippen LogP contribution is 2.37. The topological polar surface area (TPSA) is 17.1 Å². The second-order valence-corrected chi connectivity index (χ2v) is 5.31. The van der Waals surface area contributed by atoms with Crippen molar-refractivity contribution in [3.8, 4) is 0 Å². The number of benzene rings is 1. The molecule has 0 aromatic heterocycles. The molecule has 0 fully saturated rings. The van der Waals surface area contributed by atoms with Crippen LogP contribution in [0.3, 0.4) is 0 Å². The maximum Gasteiger partial charge on any atom is 0.446 e. The molecule has 1 aromatic carbocycles. The number of carbonyl (C=O) groups excluding carboxylic acids is 1. The first-order valence-corrected chi connectivity index (χ1v) is 6.29. The Hall–Kier alpha value is -0.240. The molecule has 1 aromatic rings. The molecule has 0 heterocycles. The fourth-order valence-corrected chi connectivity index (χ4v) is 2.72. The molecule has 0 bridgehead atoms. The van der Waals surface area contributed by atoms with Crippen molar-refractivity contribution in [2.24, 2.45) is 0 Å². The first-order chi connectivity index (χ1) is 7.42. The standard InChI is InChI=1S/C10H8F3IOS/c11-10(12,13)16-8-4-3-7(2-1-5-15)9(14)6-8/h3-6H,1-2H2. The van der Waals surface area contributed by atoms with Gasteiger partial charge >= 0.3 is 5.51 Å². The molecule has 0 aliphatic rings. The van der Waals surface area contributed by atoms with E-state index in [1.807, 2.05) is 22.6 Å². The molecule has 1 rings (SSSR count). The molecule has 6 heteroatoms. The van der Waals surface area contributed by atoms with Gasteiger partial charge in [0.25, 0.3) is 0 Å². The molecule has 0 atom stereocenters.